The summed E-state index contributed by atoms with van der Waals surface area (Å²) in [5.41, 5.74) is 6.30. The fourth-order valence-electron chi connectivity index (χ4n) is 1.88. The van der Waals surface area contributed by atoms with Gasteiger partial charge in [0.15, 0.2) is 0 Å². The van der Waals surface area contributed by atoms with Crippen LogP contribution in [0.4, 0.5) is 5.69 Å². The molecule has 1 unspecified atom stereocenters. The number of nitrogens with two attached hydrogens (primary N) is 1. The Kier molecular flexibility index (Phi) is 4.81. The predicted octanol–water partition coefficient (Wildman–Crippen LogP) is 1.04. The molecule has 0 radical (unpaired) electrons. The molecule has 100 valence electrons. The van der Waals surface area contributed by atoms with Gasteiger partial charge in [-0.3, -0.25) is 4.84 Å². The number of hydrogen-bond donors (Lipinski definition) is 2. The van der Waals surface area contributed by atoms with Crippen molar-refractivity contribution in [3.05, 3.63) is 24.3 Å². The van der Waals surface area contributed by atoms with Gasteiger partial charge in [-0.2, -0.15) is 5.06 Å². The Labute approximate surface area is 107 Å². The van der Waals surface area contributed by atoms with Gasteiger partial charge in [0.2, 0.25) is 0 Å². The van der Waals surface area contributed by atoms with Gasteiger partial charge in [0.05, 0.1) is 13.2 Å². The summed E-state index contributed by atoms with van der Waals surface area (Å²) in [5, 5.41) is 11.7. The van der Waals surface area contributed by atoms with Gasteiger partial charge < -0.3 is 15.6 Å². The van der Waals surface area contributed by atoms with E-state index in [1.807, 2.05) is 12.1 Å². The van der Waals surface area contributed by atoms with Gasteiger partial charge in [-0.25, -0.2) is 0 Å². The Morgan fingerprint density at radius 3 is 3.06 bits per heavy atom. The normalized spacial score (nSPS) is 18.5. The van der Waals surface area contributed by atoms with E-state index < -0.39 is 6.10 Å². The first-order valence-electron chi connectivity index (χ1n) is 6.28. The van der Waals surface area contributed by atoms with Crippen LogP contribution in [0.3, 0.4) is 0 Å². The Balaban J connectivity index is 1.72. The van der Waals surface area contributed by atoms with E-state index in [1.54, 1.807) is 17.2 Å². The smallest absolute Gasteiger partial charge is 0.121 e. The van der Waals surface area contributed by atoms with Crippen LogP contribution in [0.2, 0.25) is 0 Å². The largest absolute Gasteiger partial charge is 0.491 e. The number of hydroxylamine groups is 2. The summed E-state index contributed by atoms with van der Waals surface area (Å²) >= 11 is 0. The number of rotatable bonds is 5. The molecule has 2 rings (SSSR count). The van der Waals surface area contributed by atoms with E-state index in [9.17, 15) is 5.11 Å². The molecule has 1 aliphatic heterocycles. The molecule has 0 bridgehead atoms. The molecule has 1 fully saturated rings. The van der Waals surface area contributed by atoms with E-state index in [2.05, 4.69) is 0 Å². The van der Waals surface area contributed by atoms with Gasteiger partial charge in [0, 0.05) is 18.3 Å². The number of anilines is 1. The molecule has 0 aromatic heterocycles. The van der Waals surface area contributed by atoms with Crippen LogP contribution in [0.5, 0.6) is 5.75 Å². The van der Waals surface area contributed by atoms with Crippen molar-refractivity contribution in [1.29, 1.82) is 0 Å². The summed E-state index contributed by atoms with van der Waals surface area (Å²) in [4.78, 5) is 5.42. The lowest BCUT2D eigenvalue weighted by Crippen LogP contribution is -2.38. The van der Waals surface area contributed by atoms with Gasteiger partial charge >= 0.3 is 0 Å². The molecule has 1 heterocycles. The first-order valence-corrected chi connectivity index (χ1v) is 6.28. The minimum atomic E-state index is -0.565. The maximum Gasteiger partial charge on any atom is 0.121 e. The minimum Gasteiger partial charge on any atom is -0.491 e. The summed E-state index contributed by atoms with van der Waals surface area (Å²) in [6.45, 7) is 2.32. The van der Waals surface area contributed by atoms with Crippen molar-refractivity contribution in [3.63, 3.8) is 0 Å². The second-order valence-corrected chi connectivity index (χ2v) is 4.47. The third-order valence-electron chi connectivity index (χ3n) is 2.79. The summed E-state index contributed by atoms with van der Waals surface area (Å²) in [6.07, 6.45) is 1.64. The molecular weight excluding hydrogens is 232 g/mol. The highest BCUT2D eigenvalue weighted by molar-refractivity contribution is 5.43. The summed E-state index contributed by atoms with van der Waals surface area (Å²) in [6, 6.07) is 7.18. The summed E-state index contributed by atoms with van der Waals surface area (Å²) < 4.78 is 5.48. The SMILES string of the molecule is Nc1cccc(OCC(O)CN2CCCCO2)c1. The van der Waals surface area contributed by atoms with Crippen LogP contribution in [0.25, 0.3) is 0 Å². The van der Waals surface area contributed by atoms with E-state index in [0.29, 0.717) is 18.0 Å². The lowest BCUT2D eigenvalue weighted by atomic mass is 10.3. The highest BCUT2D eigenvalue weighted by Crippen LogP contribution is 2.15. The fraction of sp³-hybridized carbons (Fsp3) is 0.538. The summed E-state index contributed by atoms with van der Waals surface area (Å²) in [5.74, 6) is 0.675. The third kappa shape index (κ3) is 4.18. The molecule has 1 atom stereocenters. The van der Waals surface area contributed by atoms with Crippen LogP contribution in [-0.4, -0.2) is 42.6 Å². The molecule has 1 aromatic rings. The van der Waals surface area contributed by atoms with E-state index in [1.165, 1.54) is 0 Å². The molecule has 1 saturated heterocycles. The summed E-state index contributed by atoms with van der Waals surface area (Å²) in [7, 11) is 0. The second-order valence-electron chi connectivity index (χ2n) is 4.47. The highest BCUT2D eigenvalue weighted by atomic mass is 16.7. The van der Waals surface area contributed by atoms with Crippen molar-refractivity contribution >= 4 is 5.69 Å². The van der Waals surface area contributed by atoms with E-state index >= 15 is 0 Å². The van der Waals surface area contributed by atoms with Gasteiger partial charge in [-0.15, -0.1) is 0 Å². The van der Waals surface area contributed by atoms with E-state index in [4.69, 9.17) is 15.3 Å². The first kappa shape index (κ1) is 13.1. The zero-order valence-corrected chi connectivity index (χ0v) is 10.4. The number of ether oxygens (including phenoxy) is 1. The number of aliphatic hydroxyl groups excluding tert-OH is 1. The number of hydrogen-bond acceptors (Lipinski definition) is 5. The van der Waals surface area contributed by atoms with Crippen molar-refractivity contribution in [1.82, 2.24) is 5.06 Å². The molecule has 1 aromatic carbocycles. The van der Waals surface area contributed by atoms with Crippen LogP contribution in [0, 0.1) is 0 Å². The van der Waals surface area contributed by atoms with E-state index in [-0.39, 0.29) is 6.61 Å². The van der Waals surface area contributed by atoms with Crippen LogP contribution in [0.1, 0.15) is 12.8 Å². The zero-order chi connectivity index (χ0) is 12.8. The molecule has 5 heteroatoms. The molecule has 0 spiro atoms. The molecular formula is C13H20N2O3. The van der Waals surface area contributed by atoms with Crippen molar-refractivity contribution < 1.29 is 14.7 Å². The van der Waals surface area contributed by atoms with Crippen LogP contribution >= 0.6 is 0 Å². The van der Waals surface area contributed by atoms with Crippen LogP contribution < -0.4 is 10.5 Å². The van der Waals surface area contributed by atoms with Crippen molar-refractivity contribution in [3.8, 4) is 5.75 Å². The standard InChI is InChI=1S/C13H20N2O3/c14-11-4-3-5-13(8-11)17-10-12(16)9-15-6-1-2-7-18-15/h3-5,8,12,16H,1-2,6-7,9-10,14H2. The molecule has 18 heavy (non-hydrogen) atoms. The highest BCUT2D eigenvalue weighted by Gasteiger charge is 2.15. The van der Waals surface area contributed by atoms with Crippen LogP contribution in [-0.2, 0) is 4.84 Å². The maximum atomic E-state index is 9.85. The van der Waals surface area contributed by atoms with Crippen molar-refractivity contribution in [2.45, 2.75) is 18.9 Å². The number of aliphatic hydroxyl groups is 1. The monoisotopic (exact) mass is 252 g/mol. The van der Waals surface area contributed by atoms with Crippen molar-refractivity contribution in [2.24, 2.45) is 0 Å². The average Bonchev–Trinajstić information content (AvgIpc) is 2.38. The topological polar surface area (TPSA) is 68.0 Å². The van der Waals surface area contributed by atoms with Crippen LogP contribution in [0.15, 0.2) is 24.3 Å². The molecule has 1 aliphatic rings. The number of β-amino-alcohol motifs (C(OH)–C–C–N with tert-alkyl or cyclic N) is 1. The zero-order valence-electron chi connectivity index (χ0n) is 10.4. The maximum absolute atomic E-state index is 9.85. The Hall–Kier alpha value is -1.30. The lowest BCUT2D eigenvalue weighted by molar-refractivity contribution is -0.194. The quantitative estimate of drug-likeness (QED) is 0.766. The fourth-order valence-corrected chi connectivity index (χ4v) is 1.88. The Morgan fingerprint density at radius 1 is 1.44 bits per heavy atom. The Bertz CT molecular complexity index is 367. The number of nitrogens with zero attached hydrogens (tertiary/aromatic N) is 1. The van der Waals surface area contributed by atoms with Gasteiger partial charge in [-0.05, 0) is 25.0 Å². The number of benzene rings is 1. The molecule has 0 amide bonds. The third-order valence-corrected chi connectivity index (χ3v) is 2.79. The first-order chi connectivity index (χ1) is 8.74. The minimum absolute atomic E-state index is 0.239. The second kappa shape index (κ2) is 6.58. The van der Waals surface area contributed by atoms with Gasteiger partial charge in [0.25, 0.3) is 0 Å². The Morgan fingerprint density at radius 2 is 2.33 bits per heavy atom. The van der Waals surface area contributed by atoms with Gasteiger partial charge in [-0.1, -0.05) is 6.07 Å². The van der Waals surface area contributed by atoms with Gasteiger partial charge in [0.1, 0.15) is 18.5 Å². The van der Waals surface area contributed by atoms with E-state index in [0.717, 1.165) is 26.0 Å². The molecule has 0 aliphatic carbocycles. The van der Waals surface area contributed by atoms with Crippen molar-refractivity contribution in [2.75, 3.05) is 32.0 Å². The molecule has 5 nitrogen and oxygen atoms in total. The predicted molar refractivity (Wildman–Crippen MR) is 69.1 cm³/mol. The number of nitrogen functional groups attached to an aromatic ring is 1. The average molecular weight is 252 g/mol. The molecule has 0 saturated carbocycles. The molecule has 3 N–H and O–H groups in total. The lowest BCUT2D eigenvalue weighted by Gasteiger charge is -2.27.